The molecule has 0 spiro atoms. The second-order valence-corrected chi connectivity index (χ2v) is 17.2. The fraction of sp³-hybridized carbons (Fsp3) is 0.811. The van der Waals surface area contributed by atoms with E-state index in [1.165, 1.54) is 109 Å². The molecule has 0 aromatic heterocycles. The van der Waals surface area contributed by atoms with Gasteiger partial charge in [0.1, 0.15) is 6.10 Å². The number of hydrogen-bond donors (Lipinski definition) is 3. The number of allylic oxidation sites excluding steroid dienone is 8. The average molecular weight is 828 g/mol. The first kappa shape index (κ1) is 56.8. The van der Waals surface area contributed by atoms with E-state index >= 15 is 0 Å². The zero-order chi connectivity index (χ0) is 43.1. The summed E-state index contributed by atoms with van der Waals surface area (Å²) in [6.07, 6.45) is 56.0. The molecule has 59 heavy (non-hydrogen) atoms. The molecule has 3 unspecified atom stereocenters. The number of unbranched alkanes of at least 4 members (excludes halogenated alkanes) is 25. The van der Waals surface area contributed by atoms with E-state index in [0.717, 1.165) is 96.3 Å². The second-order valence-electron chi connectivity index (χ2n) is 17.2. The molecule has 0 aliphatic heterocycles. The predicted molar refractivity (Wildman–Crippen MR) is 255 cm³/mol. The van der Waals surface area contributed by atoms with Crippen LogP contribution in [0.3, 0.4) is 0 Å². The lowest BCUT2D eigenvalue weighted by atomic mass is 10.0. The van der Waals surface area contributed by atoms with E-state index in [4.69, 9.17) is 4.74 Å². The molecule has 0 heterocycles. The van der Waals surface area contributed by atoms with Crippen LogP contribution in [0.25, 0.3) is 0 Å². The molecule has 0 bridgehead atoms. The molecule has 0 aliphatic rings. The third-order valence-corrected chi connectivity index (χ3v) is 11.4. The van der Waals surface area contributed by atoms with Gasteiger partial charge in [0.25, 0.3) is 0 Å². The van der Waals surface area contributed by atoms with Crippen LogP contribution in [-0.4, -0.2) is 46.9 Å². The number of nitrogens with one attached hydrogen (secondary N) is 1. The smallest absolute Gasteiger partial charge is 0.306 e. The van der Waals surface area contributed by atoms with Gasteiger partial charge in [0.2, 0.25) is 5.91 Å². The zero-order valence-electron chi connectivity index (χ0n) is 39.1. The van der Waals surface area contributed by atoms with Gasteiger partial charge in [-0.3, -0.25) is 9.59 Å². The van der Waals surface area contributed by atoms with Crippen molar-refractivity contribution >= 4 is 11.9 Å². The fourth-order valence-corrected chi connectivity index (χ4v) is 7.56. The monoisotopic (exact) mass is 828 g/mol. The minimum atomic E-state index is -0.794. The van der Waals surface area contributed by atoms with Crippen molar-refractivity contribution in [2.45, 2.75) is 270 Å². The van der Waals surface area contributed by atoms with Gasteiger partial charge in [-0.1, -0.05) is 204 Å². The van der Waals surface area contributed by atoms with Gasteiger partial charge >= 0.3 is 5.97 Å². The summed E-state index contributed by atoms with van der Waals surface area (Å²) in [6, 6.07) is -0.709. The van der Waals surface area contributed by atoms with Gasteiger partial charge in [0.05, 0.1) is 25.2 Å². The van der Waals surface area contributed by atoms with Crippen molar-refractivity contribution in [1.82, 2.24) is 5.32 Å². The molecule has 0 aromatic carbocycles. The Balaban J connectivity index is 4.62. The third-order valence-electron chi connectivity index (χ3n) is 11.4. The van der Waals surface area contributed by atoms with Crippen molar-refractivity contribution in [3.63, 3.8) is 0 Å². The molecule has 0 saturated heterocycles. The summed E-state index contributed by atoms with van der Waals surface area (Å²) >= 11 is 0. The Hall–Kier alpha value is -2.18. The van der Waals surface area contributed by atoms with E-state index in [-0.39, 0.29) is 24.9 Å². The number of carbonyl (C=O) groups is 2. The Labute approximate surface area is 366 Å². The molecule has 3 N–H and O–H groups in total. The maximum Gasteiger partial charge on any atom is 0.306 e. The van der Waals surface area contributed by atoms with Gasteiger partial charge in [-0.15, -0.1) is 0 Å². The van der Waals surface area contributed by atoms with E-state index in [0.29, 0.717) is 19.3 Å². The molecular formula is C53H97NO5. The topological polar surface area (TPSA) is 95.9 Å². The number of hydrogen-bond acceptors (Lipinski definition) is 5. The molecule has 0 rings (SSSR count). The van der Waals surface area contributed by atoms with Crippen LogP contribution in [-0.2, 0) is 14.3 Å². The lowest BCUT2D eigenvalue weighted by Gasteiger charge is -2.24. The van der Waals surface area contributed by atoms with E-state index in [9.17, 15) is 19.8 Å². The first-order valence-electron chi connectivity index (χ1n) is 25.4. The van der Waals surface area contributed by atoms with Gasteiger partial charge in [0, 0.05) is 6.42 Å². The van der Waals surface area contributed by atoms with Crippen molar-refractivity contribution in [2.24, 2.45) is 0 Å². The fourth-order valence-electron chi connectivity index (χ4n) is 7.56. The van der Waals surface area contributed by atoms with Crippen LogP contribution >= 0.6 is 0 Å². The molecule has 6 nitrogen and oxygen atoms in total. The van der Waals surface area contributed by atoms with Gasteiger partial charge in [-0.05, 0) is 83.5 Å². The Morgan fingerprint density at radius 2 is 0.915 bits per heavy atom. The molecular weight excluding hydrogens is 731 g/mol. The van der Waals surface area contributed by atoms with Crippen molar-refractivity contribution < 1.29 is 24.5 Å². The number of ether oxygens (including phenoxy) is 1. The van der Waals surface area contributed by atoms with Crippen LogP contribution < -0.4 is 5.32 Å². The number of carbonyl (C=O) groups excluding carboxylic acids is 2. The number of amides is 1. The van der Waals surface area contributed by atoms with Gasteiger partial charge < -0.3 is 20.3 Å². The minimum Gasteiger partial charge on any atom is -0.462 e. The second kappa shape index (κ2) is 46.9. The SMILES string of the molecule is CC/C=C/C/C=C/C/C=C/CCCCCCC(CC(=O)NC(CO)C(O)CCCCCCCCCCCC)OC(=O)CCCCCCC/C=C/CCCCCCCCC. The van der Waals surface area contributed by atoms with E-state index < -0.39 is 18.2 Å². The highest BCUT2D eigenvalue weighted by Gasteiger charge is 2.24. The lowest BCUT2D eigenvalue weighted by Crippen LogP contribution is -2.46. The normalized spacial score (nSPS) is 13.6. The van der Waals surface area contributed by atoms with Crippen molar-refractivity contribution in [2.75, 3.05) is 6.61 Å². The quantitative estimate of drug-likeness (QED) is 0.0323. The van der Waals surface area contributed by atoms with E-state index in [1.54, 1.807) is 0 Å². The van der Waals surface area contributed by atoms with Crippen LogP contribution in [0, 0.1) is 0 Å². The zero-order valence-corrected chi connectivity index (χ0v) is 39.1. The molecule has 0 fully saturated rings. The highest BCUT2D eigenvalue weighted by molar-refractivity contribution is 5.77. The summed E-state index contributed by atoms with van der Waals surface area (Å²) in [5.74, 6) is -0.502. The summed E-state index contributed by atoms with van der Waals surface area (Å²) in [6.45, 7) is 6.35. The molecule has 0 saturated carbocycles. The summed E-state index contributed by atoms with van der Waals surface area (Å²) in [5.41, 5.74) is 0. The van der Waals surface area contributed by atoms with Gasteiger partial charge in [-0.25, -0.2) is 0 Å². The highest BCUT2D eigenvalue weighted by atomic mass is 16.5. The van der Waals surface area contributed by atoms with Gasteiger partial charge in [0.15, 0.2) is 0 Å². The van der Waals surface area contributed by atoms with Crippen molar-refractivity contribution in [3.05, 3.63) is 48.6 Å². The largest absolute Gasteiger partial charge is 0.462 e. The Kier molecular flexibility index (Phi) is 45.1. The van der Waals surface area contributed by atoms with Crippen molar-refractivity contribution in [1.29, 1.82) is 0 Å². The molecule has 6 heteroatoms. The summed E-state index contributed by atoms with van der Waals surface area (Å²) in [7, 11) is 0. The van der Waals surface area contributed by atoms with Crippen LogP contribution in [0.1, 0.15) is 252 Å². The maximum absolute atomic E-state index is 13.2. The van der Waals surface area contributed by atoms with Crippen LogP contribution in [0.15, 0.2) is 48.6 Å². The Morgan fingerprint density at radius 1 is 0.508 bits per heavy atom. The standard InChI is InChI=1S/C53H97NO5/c1-4-7-10-13-16-19-22-24-26-27-29-31-34-37-40-43-46-53(58)59-49(44-41-38-35-32-30-28-25-23-20-17-14-11-8-5-2)47-52(57)54-50(48-55)51(56)45-42-39-36-33-21-18-15-12-9-6-3/h8,11,17,20,25-28,49-51,55-56H,4-7,9-10,12-16,18-19,21-24,29-48H2,1-3H3,(H,54,57)/b11-8+,20-17+,27-26+,28-25+. The van der Waals surface area contributed by atoms with E-state index in [2.05, 4.69) is 74.7 Å². The molecule has 1 amide bonds. The molecule has 3 atom stereocenters. The summed E-state index contributed by atoms with van der Waals surface area (Å²) in [5, 5.41) is 23.7. The van der Waals surface area contributed by atoms with Crippen molar-refractivity contribution in [3.8, 4) is 0 Å². The third kappa shape index (κ3) is 42.3. The molecule has 0 aromatic rings. The van der Waals surface area contributed by atoms with Crippen LogP contribution in [0.2, 0.25) is 0 Å². The van der Waals surface area contributed by atoms with Crippen LogP contribution in [0.5, 0.6) is 0 Å². The molecule has 0 aliphatic carbocycles. The summed E-state index contributed by atoms with van der Waals surface area (Å²) < 4.78 is 5.92. The number of esters is 1. The average Bonchev–Trinajstić information content (AvgIpc) is 3.23. The first-order valence-corrected chi connectivity index (χ1v) is 25.4. The van der Waals surface area contributed by atoms with Gasteiger partial charge in [-0.2, -0.15) is 0 Å². The minimum absolute atomic E-state index is 0.0597. The number of aliphatic hydroxyl groups excluding tert-OH is 2. The first-order chi connectivity index (χ1) is 29.0. The van der Waals surface area contributed by atoms with Crippen LogP contribution in [0.4, 0.5) is 0 Å². The lowest BCUT2D eigenvalue weighted by molar-refractivity contribution is -0.151. The highest BCUT2D eigenvalue weighted by Crippen LogP contribution is 2.17. The predicted octanol–water partition coefficient (Wildman–Crippen LogP) is 15.1. The Bertz CT molecular complexity index is 1020. The Morgan fingerprint density at radius 3 is 1.41 bits per heavy atom. The number of aliphatic hydroxyl groups is 2. The summed E-state index contributed by atoms with van der Waals surface area (Å²) in [4.78, 5) is 26.1. The molecule has 0 radical (unpaired) electrons. The molecule has 344 valence electrons. The maximum atomic E-state index is 13.2. The van der Waals surface area contributed by atoms with E-state index in [1.807, 2.05) is 0 Å². The number of rotatable bonds is 45.